The van der Waals surface area contributed by atoms with Gasteiger partial charge in [-0.25, -0.2) is 4.98 Å². The van der Waals surface area contributed by atoms with Crippen molar-refractivity contribution in [3.63, 3.8) is 0 Å². The summed E-state index contributed by atoms with van der Waals surface area (Å²) < 4.78 is 12.8. The van der Waals surface area contributed by atoms with Crippen molar-refractivity contribution in [3.05, 3.63) is 48.9 Å². The third-order valence-electron chi connectivity index (χ3n) is 3.31. The first kappa shape index (κ1) is 15.9. The monoisotopic (exact) mass is 440 g/mol. The fourth-order valence-corrected chi connectivity index (χ4v) is 3.72. The second kappa shape index (κ2) is 5.93. The molecule has 0 saturated heterocycles. The number of hydrogen-bond donors (Lipinski definition) is 0. The van der Waals surface area contributed by atoms with Gasteiger partial charge in [-0.3, -0.25) is 10.1 Å². The van der Waals surface area contributed by atoms with E-state index in [2.05, 4.69) is 36.8 Å². The molecule has 0 radical (unpaired) electrons. The van der Waals surface area contributed by atoms with Crippen LogP contribution in [0.3, 0.4) is 0 Å². The Kier molecular flexibility index (Phi) is 4.11. The molecule has 0 amide bonds. The van der Waals surface area contributed by atoms with Gasteiger partial charge in [-0.2, -0.15) is 0 Å². The smallest absolute Gasteiger partial charge is 0.272 e. The molecule has 0 aliphatic carbocycles. The lowest BCUT2D eigenvalue weighted by molar-refractivity contribution is -0.384. The zero-order chi connectivity index (χ0) is 16.7. The Balaban J connectivity index is 2.26. The number of benzene rings is 2. The highest BCUT2D eigenvalue weighted by molar-refractivity contribution is 9.11. The van der Waals surface area contributed by atoms with Gasteiger partial charge in [-0.05, 0) is 35.0 Å². The van der Waals surface area contributed by atoms with Gasteiger partial charge in [0.2, 0.25) is 5.89 Å². The quantitative estimate of drug-likeness (QED) is 0.410. The van der Waals surface area contributed by atoms with E-state index in [9.17, 15) is 10.1 Å². The zero-order valence-electron chi connectivity index (χ0n) is 12.1. The average Bonchev–Trinajstić information content (AvgIpc) is 2.91. The van der Waals surface area contributed by atoms with Crippen LogP contribution in [0.15, 0.2) is 37.6 Å². The van der Waals surface area contributed by atoms with E-state index in [1.165, 1.54) is 12.1 Å². The molecule has 23 heavy (non-hydrogen) atoms. The predicted octanol–water partition coefficient (Wildman–Crippen LogP) is 5.25. The fourth-order valence-electron chi connectivity index (χ4n) is 2.33. The Labute approximate surface area is 147 Å². The molecular weight excluding hydrogens is 432 g/mol. The average molecular weight is 442 g/mol. The van der Waals surface area contributed by atoms with Crippen LogP contribution in [0.5, 0.6) is 5.75 Å². The van der Waals surface area contributed by atoms with Crippen molar-refractivity contribution >= 4 is 48.6 Å². The zero-order valence-corrected chi connectivity index (χ0v) is 15.3. The molecule has 0 unspecified atom stereocenters. The first-order valence-corrected chi connectivity index (χ1v) is 8.08. The summed E-state index contributed by atoms with van der Waals surface area (Å²) >= 11 is 6.85. The summed E-state index contributed by atoms with van der Waals surface area (Å²) in [4.78, 5) is 14.9. The number of fused-ring (bicyclic) bond motifs is 1. The van der Waals surface area contributed by atoms with Gasteiger partial charge in [0.15, 0.2) is 5.58 Å². The first-order valence-electron chi connectivity index (χ1n) is 6.49. The van der Waals surface area contributed by atoms with E-state index in [1.54, 1.807) is 14.0 Å². The number of non-ortho nitro benzene ring substituents is 1. The molecule has 0 aliphatic rings. The Bertz CT molecular complexity index is 937. The molecule has 0 bridgehead atoms. The number of oxazole rings is 1. The maximum atomic E-state index is 11.0. The van der Waals surface area contributed by atoms with E-state index >= 15 is 0 Å². The Morgan fingerprint density at radius 3 is 2.65 bits per heavy atom. The molecular formula is C15H10Br2N2O4. The van der Waals surface area contributed by atoms with Crippen LogP contribution in [-0.4, -0.2) is 17.0 Å². The molecule has 0 N–H and O–H groups in total. The lowest BCUT2D eigenvalue weighted by Crippen LogP contribution is -1.90. The number of halogens is 2. The summed E-state index contributed by atoms with van der Waals surface area (Å²) in [6.45, 7) is 1.75. The van der Waals surface area contributed by atoms with Gasteiger partial charge in [0.25, 0.3) is 5.69 Å². The molecule has 2 aromatic carbocycles. The Hall–Kier alpha value is -1.93. The fraction of sp³-hybridized carbons (Fsp3) is 0.133. The van der Waals surface area contributed by atoms with E-state index in [0.717, 1.165) is 8.95 Å². The van der Waals surface area contributed by atoms with Crippen LogP contribution >= 0.6 is 31.9 Å². The molecule has 3 rings (SSSR count). The van der Waals surface area contributed by atoms with Crippen molar-refractivity contribution in [3.8, 4) is 17.2 Å². The van der Waals surface area contributed by atoms with Gasteiger partial charge in [0.05, 0.1) is 22.1 Å². The maximum absolute atomic E-state index is 11.0. The molecule has 0 fully saturated rings. The summed E-state index contributed by atoms with van der Waals surface area (Å²) in [7, 11) is 1.55. The molecule has 118 valence electrons. The lowest BCUT2D eigenvalue weighted by atomic mass is 10.2. The Morgan fingerprint density at radius 2 is 2.00 bits per heavy atom. The Morgan fingerprint density at radius 1 is 1.26 bits per heavy atom. The van der Waals surface area contributed by atoms with Gasteiger partial charge in [-0.15, -0.1) is 0 Å². The highest BCUT2D eigenvalue weighted by atomic mass is 79.9. The van der Waals surface area contributed by atoms with Gasteiger partial charge in [-0.1, -0.05) is 15.9 Å². The standard InChI is InChI=1S/C15H10Br2N2O4/c1-7-3-9(19(20)21)6-12-13(7)23-15(18-12)10-4-8(16)5-11(17)14(10)22-2/h3-6H,1-2H3. The summed E-state index contributed by atoms with van der Waals surface area (Å²) in [5, 5.41) is 11.0. The number of aromatic nitrogens is 1. The van der Waals surface area contributed by atoms with Crippen LogP contribution in [0, 0.1) is 17.0 Å². The van der Waals surface area contributed by atoms with Crippen molar-refractivity contribution in [2.75, 3.05) is 7.11 Å². The highest BCUT2D eigenvalue weighted by Crippen LogP contribution is 2.40. The number of nitro benzene ring substituents is 1. The molecule has 8 heteroatoms. The number of nitro groups is 1. The minimum Gasteiger partial charge on any atom is -0.495 e. The van der Waals surface area contributed by atoms with Crippen LogP contribution < -0.4 is 4.74 Å². The van der Waals surface area contributed by atoms with Crippen molar-refractivity contribution in [1.82, 2.24) is 4.98 Å². The summed E-state index contributed by atoms with van der Waals surface area (Å²) in [6.07, 6.45) is 0. The summed E-state index contributed by atoms with van der Waals surface area (Å²) in [5.41, 5.74) is 2.24. The normalized spacial score (nSPS) is 11.0. The molecule has 0 atom stereocenters. The van der Waals surface area contributed by atoms with Gasteiger partial charge < -0.3 is 9.15 Å². The number of hydrogen-bond acceptors (Lipinski definition) is 5. The maximum Gasteiger partial charge on any atom is 0.272 e. The van der Waals surface area contributed by atoms with E-state index < -0.39 is 4.92 Å². The van der Waals surface area contributed by atoms with Crippen molar-refractivity contribution in [2.45, 2.75) is 6.92 Å². The minimum atomic E-state index is -0.447. The van der Waals surface area contributed by atoms with Crippen molar-refractivity contribution < 1.29 is 14.1 Å². The minimum absolute atomic E-state index is 0.0164. The molecule has 3 aromatic rings. The second-order valence-corrected chi connectivity index (χ2v) is 6.63. The van der Waals surface area contributed by atoms with Crippen molar-refractivity contribution in [1.29, 1.82) is 0 Å². The number of aryl methyl sites for hydroxylation is 1. The van der Waals surface area contributed by atoms with Crippen LogP contribution in [0.25, 0.3) is 22.6 Å². The number of nitrogens with zero attached hydrogens (tertiary/aromatic N) is 2. The van der Waals surface area contributed by atoms with E-state index in [0.29, 0.717) is 33.9 Å². The second-order valence-electron chi connectivity index (χ2n) is 4.86. The van der Waals surface area contributed by atoms with Crippen LogP contribution in [0.4, 0.5) is 5.69 Å². The topological polar surface area (TPSA) is 78.4 Å². The number of ether oxygens (including phenoxy) is 1. The molecule has 1 heterocycles. The van der Waals surface area contributed by atoms with Gasteiger partial charge in [0, 0.05) is 22.2 Å². The number of methoxy groups -OCH3 is 1. The molecule has 0 aliphatic heterocycles. The van der Waals surface area contributed by atoms with E-state index in [4.69, 9.17) is 9.15 Å². The van der Waals surface area contributed by atoms with E-state index in [-0.39, 0.29) is 5.69 Å². The molecule has 0 spiro atoms. The third kappa shape index (κ3) is 2.84. The number of rotatable bonds is 3. The predicted molar refractivity (Wildman–Crippen MR) is 92.8 cm³/mol. The highest BCUT2D eigenvalue weighted by Gasteiger charge is 2.19. The molecule has 1 aromatic heterocycles. The van der Waals surface area contributed by atoms with Gasteiger partial charge >= 0.3 is 0 Å². The van der Waals surface area contributed by atoms with E-state index in [1.807, 2.05) is 12.1 Å². The van der Waals surface area contributed by atoms with Crippen LogP contribution in [0.2, 0.25) is 0 Å². The first-order chi connectivity index (χ1) is 10.9. The van der Waals surface area contributed by atoms with Crippen molar-refractivity contribution in [2.24, 2.45) is 0 Å². The van der Waals surface area contributed by atoms with Crippen LogP contribution in [0.1, 0.15) is 5.56 Å². The van der Waals surface area contributed by atoms with Gasteiger partial charge in [0.1, 0.15) is 11.3 Å². The SMILES string of the molecule is COc1c(Br)cc(Br)cc1-c1nc2cc([N+](=O)[O-])cc(C)c2o1. The third-order valence-corrected chi connectivity index (χ3v) is 4.36. The molecule has 0 saturated carbocycles. The van der Waals surface area contributed by atoms with Crippen LogP contribution in [-0.2, 0) is 0 Å². The largest absolute Gasteiger partial charge is 0.495 e. The summed E-state index contributed by atoms with van der Waals surface area (Å²) in [5.74, 6) is 0.911. The summed E-state index contributed by atoms with van der Waals surface area (Å²) in [6, 6.07) is 6.53. The lowest BCUT2D eigenvalue weighted by Gasteiger charge is -2.08. The molecule has 6 nitrogen and oxygen atoms in total.